The van der Waals surface area contributed by atoms with Crippen LogP contribution in [0.4, 0.5) is 17.3 Å². The van der Waals surface area contributed by atoms with Crippen LogP contribution in [-0.4, -0.2) is 40.6 Å². The van der Waals surface area contributed by atoms with Crippen LogP contribution in [0.1, 0.15) is 70.4 Å². The minimum Gasteiger partial charge on any atom is -0.490 e. The highest BCUT2D eigenvalue weighted by atomic mass is 16.5. The van der Waals surface area contributed by atoms with Gasteiger partial charge in [0.2, 0.25) is 5.75 Å². The molecule has 10 heteroatoms. The topological polar surface area (TPSA) is 136 Å². The van der Waals surface area contributed by atoms with Gasteiger partial charge >= 0.3 is 0 Å². The molecule has 0 saturated carbocycles. The number of hydrogen-bond donors (Lipinski definition) is 4. The molecule has 1 saturated heterocycles. The highest BCUT2D eigenvalue weighted by Gasteiger charge is 2.45. The van der Waals surface area contributed by atoms with Gasteiger partial charge in [-0.3, -0.25) is 14.2 Å². The third kappa shape index (κ3) is 5.44. The van der Waals surface area contributed by atoms with Gasteiger partial charge in [0.1, 0.15) is 23.4 Å². The average Bonchev–Trinajstić information content (AvgIpc) is 3.13. The van der Waals surface area contributed by atoms with Crippen molar-refractivity contribution in [2.24, 2.45) is 0 Å². The normalized spacial score (nSPS) is 14.8. The second kappa shape index (κ2) is 12.8. The SMILES string of the molecule is CC.CC.CC.COc1c(N)ncnc1Nc1cc(C)c2n(c1=O)C1(CCNCC1)NC2=O. The molecule has 2 aliphatic heterocycles. The Bertz CT molecular complexity index is 983. The van der Waals surface area contributed by atoms with Crippen molar-refractivity contribution < 1.29 is 9.53 Å². The zero-order chi connectivity index (χ0) is 25.2. The number of nitrogens with two attached hydrogens (primary N) is 1. The number of pyridine rings is 1. The standard InChI is InChI=1S/C17H21N7O3.3C2H6/c1-9-7-10(22-14-12(27-2)13(18)20-8-21-14)16(26)24-11(9)15(25)23-17(24)3-5-19-6-4-17;3*1-2/h7-8,19H,3-6H2,1-2H3,(H,23,25)(H3,18,20,21,22);3*1-2H3. The summed E-state index contributed by atoms with van der Waals surface area (Å²) >= 11 is 0. The number of ether oxygens (including phenoxy) is 1. The van der Waals surface area contributed by atoms with Crippen LogP contribution in [0.2, 0.25) is 0 Å². The first-order valence-corrected chi connectivity index (χ1v) is 11.7. The van der Waals surface area contributed by atoms with Gasteiger partial charge in [-0.05, 0) is 31.6 Å². The van der Waals surface area contributed by atoms with E-state index < -0.39 is 5.66 Å². The Morgan fingerprint density at radius 1 is 1.09 bits per heavy atom. The molecule has 0 aliphatic carbocycles. The summed E-state index contributed by atoms with van der Waals surface area (Å²) in [6.45, 7) is 15.2. The van der Waals surface area contributed by atoms with Crippen LogP contribution in [0, 0.1) is 6.92 Å². The maximum Gasteiger partial charge on any atom is 0.276 e. The average molecular weight is 462 g/mol. The minimum absolute atomic E-state index is 0.166. The van der Waals surface area contributed by atoms with E-state index in [-0.39, 0.29) is 23.0 Å². The molecule has 1 spiro atoms. The number of piperidine rings is 1. The number of amides is 1. The van der Waals surface area contributed by atoms with Crippen LogP contribution in [0.15, 0.2) is 17.2 Å². The number of carbonyl (C=O) groups excluding carboxylic acids is 1. The predicted molar refractivity (Wildman–Crippen MR) is 133 cm³/mol. The summed E-state index contributed by atoms with van der Waals surface area (Å²) in [7, 11) is 1.45. The smallest absolute Gasteiger partial charge is 0.276 e. The van der Waals surface area contributed by atoms with Crippen LogP contribution >= 0.6 is 0 Å². The van der Waals surface area contributed by atoms with E-state index >= 15 is 0 Å². The van der Waals surface area contributed by atoms with Gasteiger partial charge in [0.15, 0.2) is 11.6 Å². The van der Waals surface area contributed by atoms with Gasteiger partial charge in [0.05, 0.1) is 7.11 Å². The fraction of sp³-hybridized carbons (Fsp3) is 0.565. The first-order valence-electron chi connectivity index (χ1n) is 11.7. The van der Waals surface area contributed by atoms with Gasteiger partial charge in [-0.1, -0.05) is 41.5 Å². The van der Waals surface area contributed by atoms with Crippen LogP contribution in [0.5, 0.6) is 5.75 Å². The van der Waals surface area contributed by atoms with Gasteiger partial charge in [0, 0.05) is 12.8 Å². The fourth-order valence-electron chi connectivity index (χ4n) is 3.84. The second-order valence-electron chi connectivity index (χ2n) is 6.73. The number of nitrogens with one attached hydrogen (secondary N) is 3. The van der Waals surface area contributed by atoms with Crippen molar-refractivity contribution >= 4 is 23.2 Å². The monoisotopic (exact) mass is 461 g/mol. The summed E-state index contributed by atoms with van der Waals surface area (Å²) in [5, 5.41) is 9.28. The Hall–Kier alpha value is -3.14. The molecule has 33 heavy (non-hydrogen) atoms. The van der Waals surface area contributed by atoms with Crippen molar-refractivity contribution in [2.75, 3.05) is 31.2 Å². The molecule has 5 N–H and O–H groups in total. The summed E-state index contributed by atoms with van der Waals surface area (Å²) in [5.41, 5.74) is 6.21. The van der Waals surface area contributed by atoms with Gasteiger partial charge < -0.3 is 26.4 Å². The van der Waals surface area contributed by atoms with Crippen molar-refractivity contribution in [3.63, 3.8) is 0 Å². The number of rotatable bonds is 3. The van der Waals surface area contributed by atoms with E-state index in [1.54, 1.807) is 10.6 Å². The van der Waals surface area contributed by atoms with E-state index in [9.17, 15) is 9.59 Å². The zero-order valence-corrected chi connectivity index (χ0v) is 21.1. The lowest BCUT2D eigenvalue weighted by atomic mass is 9.98. The molecule has 0 aromatic carbocycles. The molecular weight excluding hydrogens is 422 g/mol. The van der Waals surface area contributed by atoms with E-state index in [2.05, 4.69) is 25.9 Å². The van der Waals surface area contributed by atoms with E-state index in [1.807, 2.05) is 48.5 Å². The van der Waals surface area contributed by atoms with Crippen molar-refractivity contribution in [3.8, 4) is 5.75 Å². The first kappa shape index (κ1) is 27.9. The quantitative estimate of drug-likeness (QED) is 0.547. The highest BCUT2D eigenvalue weighted by Crippen LogP contribution is 2.33. The number of aryl methyl sites for hydroxylation is 1. The lowest BCUT2D eigenvalue weighted by Gasteiger charge is -2.35. The van der Waals surface area contributed by atoms with Crippen molar-refractivity contribution in [1.29, 1.82) is 0 Å². The Labute approximate surface area is 196 Å². The lowest BCUT2D eigenvalue weighted by molar-refractivity contribution is 0.0886. The fourth-order valence-corrected chi connectivity index (χ4v) is 3.84. The molecule has 2 aromatic heterocycles. The highest BCUT2D eigenvalue weighted by molar-refractivity contribution is 5.97. The molecule has 0 bridgehead atoms. The van der Waals surface area contributed by atoms with Crippen molar-refractivity contribution in [3.05, 3.63) is 34.0 Å². The molecule has 10 nitrogen and oxygen atoms in total. The van der Waals surface area contributed by atoms with Crippen molar-refractivity contribution in [2.45, 2.75) is 67.0 Å². The summed E-state index contributed by atoms with van der Waals surface area (Å²) in [5.74, 6) is 0.492. The minimum atomic E-state index is -0.702. The van der Waals surface area contributed by atoms with Crippen LogP contribution in [0.3, 0.4) is 0 Å². The van der Waals surface area contributed by atoms with Crippen molar-refractivity contribution in [1.82, 2.24) is 25.2 Å². The molecule has 0 atom stereocenters. The summed E-state index contributed by atoms with van der Waals surface area (Å²) in [4.78, 5) is 33.9. The molecule has 1 fully saturated rings. The zero-order valence-electron chi connectivity index (χ0n) is 21.1. The number of carbonyl (C=O) groups is 1. The molecule has 2 aromatic rings. The number of nitrogens with zero attached hydrogens (tertiary/aromatic N) is 3. The van der Waals surface area contributed by atoms with Crippen LogP contribution in [0.25, 0.3) is 0 Å². The van der Waals surface area contributed by atoms with E-state index in [0.717, 1.165) is 13.1 Å². The van der Waals surface area contributed by atoms with E-state index in [4.69, 9.17) is 10.5 Å². The number of fused-ring (bicyclic) bond motifs is 2. The summed E-state index contributed by atoms with van der Waals surface area (Å²) in [6.07, 6.45) is 2.56. The molecule has 2 aliphatic rings. The number of anilines is 3. The number of nitrogen functional groups attached to an aromatic ring is 1. The molecular formula is C23H39N7O3. The summed E-state index contributed by atoms with van der Waals surface area (Å²) in [6, 6.07) is 1.64. The van der Waals surface area contributed by atoms with E-state index in [0.29, 0.717) is 35.6 Å². The Morgan fingerprint density at radius 2 is 1.70 bits per heavy atom. The third-order valence-corrected chi connectivity index (χ3v) is 5.10. The number of methoxy groups -OCH3 is 1. The Morgan fingerprint density at radius 3 is 2.27 bits per heavy atom. The summed E-state index contributed by atoms with van der Waals surface area (Å²) < 4.78 is 6.83. The third-order valence-electron chi connectivity index (χ3n) is 5.10. The van der Waals surface area contributed by atoms with E-state index in [1.165, 1.54) is 13.4 Å². The van der Waals surface area contributed by atoms with Gasteiger partial charge in [0.25, 0.3) is 11.5 Å². The Kier molecular flexibility index (Phi) is 10.8. The molecule has 0 unspecified atom stereocenters. The first-order chi connectivity index (χ1) is 16.0. The second-order valence-corrected chi connectivity index (χ2v) is 6.73. The number of hydrogen-bond acceptors (Lipinski definition) is 8. The molecule has 184 valence electrons. The largest absolute Gasteiger partial charge is 0.490 e. The predicted octanol–water partition coefficient (Wildman–Crippen LogP) is 3.14. The molecule has 1 amide bonds. The van der Waals surface area contributed by atoms with Gasteiger partial charge in [-0.25, -0.2) is 9.97 Å². The Balaban J connectivity index is 0.000000841. The molecule has 4 rings (SSSR count). The van der Waals surface area contributed by atoms with Crippen LogP contribution < -0.4 is 32.0 Å². The molecule has 0 radical (unpaired) electrons. The van der Waals surface area contributed by atoms with Gasteiger partial charge in [-0.15, -0.1) is 0 Å². The van der Waals surface area contributed by atoms with Gasteiger partial charge in [-0.2, -0.15) is 0 Å². The van der Waals surface area contributed by atoms with Crippen LogP contribution in [-0.2, 0) is 5.66 Å². The maximum absolute atomic E-state index is 13.3. The number of aromatic nitrogens is 3. The molecule has 4 heterocycles. The lowest BCUT2D eigenvalue weighted by Crippen LogP contribution is -2.53. The maximum atomic E-state index is 13.3.